The van der Waals surface area contributed by atoms with E-state index >= 15 is 0 Å². The van der Waals surface area contributed by atoms with E-state index in [4.69, 9.17) is 0 Å². The molecule has 2 aromatic rings. The lowest BCUT2D eigenvalue weighted by atomic mass is 10.2. The standard InChI is InChI=1S/C13H17N3S/c1-14-8-11-9-15-6-5-13(11)16(2)10-12-4-3-7-17-12/h3-7,9,14H,8,10H2,1-2H3. The van der Waals surface area contributed by atoms with Gasteiger partial charge in [0.1, 0.15) is 0 Å². The first-order valence-corrected chi connectivity index (χ1v) is 6.50. The second-order valence-electron chi connectivity index (χ2n) is 3.97. The number of thiophene rings is 1. The van der Waals surface area contributed by atoms with E-state index in [9.17, 15) is 0 Å². The number of nitrogens with zero attached hydrogens (tertiary/aromatic N) is 2. The van der Waals surface area contributed by atoms with Gasteiger partial charge in [-0.2, -0.15) is 0 Å². The van der Waals surface area contributed by atoms with E-state index in [0.29, 0.717) is 0 Å². The zero-order valence-corrected chi connectivity index (χ0v) is 11.0. The highest BCUT2D eigenvalue weighted by Crippen LogP contribution is 2.21. The summed E-state index contributed by atoms with van der Waals surface area (Å²) in [5.41, 5.74) is 2.47. The Kier molecular flexibility index (Phi) is 4.12. The Morgan fingerprint density at radius 2 is 2.29 bits per heavy atom. The summed E-state index contributed by atoms with van der Waals surface area (Å²) in [6.45, 7) is 1.79. The van der Waals surface area contributed by atoms with Gasteiger partial charge < -0.3 is 10.2 Å². The molecule has 0 fully saturated rings. The Hall–Kier alpha value is -1.39. The van der Waals surface area contributed by atoms with Crippen molar-refractivity contribution >= 4 is 17.0 Å². The highest BCUT2D eigenvalue weighted by molar-refractivity contribution is 7.09. The molecule has 90 valence electrons. The van der Waals surface area contributed by atoms with Gasteiger partial charge in [0.05, 0.1) is 6.54 Å². The molecule has 17 heavy (non-hydrogen) atoms. The largest absolute Gasteiger partial charge is 0.369 e. The van der Waals surface area contributed by atoms with E-state index in [-0.39, 0.29) is 0 Å². The highest BCUT2D eigenvalue weighted by atomic mass is 32.1. The quantitative estimate of drug-likeness (QED) is 0.880. The Morgan fingerprint density at radius 1 is 1.41 bits per heavy atom. The van der Waals surface area contributed by atoms with E-state index in [1.165, 1.54) is 16.1 Å². The molecule has 0 aliphatic heterocycles. The van der Waals surface area contributed by atoms with Crippen molar-refractivity contribution in [3.63, 3.8) is 0 Å². The summed E-state index contributed by atoms with van der Waals surface area (Å²) < 4.78 is 0. The SMILES string of the molecule is CNCc1cnccc1N(C)Cc1cccs1. The Balaban J connectivity index is 2.15. The summed E-state index contributed by atoms with van der Waals surface area (Å²) in [5, 5.41) is 5.29. The topological polar surface area (TPSA) is 28.2 Å². The molecule has 4 heteroatoms. The van der Waals surface area contributed by atoms with E-state index in [0.717, 1.165) is 13.1 Å². The molecule has 2 heterocycles. The van der Waals surface area contributed by atoms with Crippen LogP contribution in [0.4, 0.5) is 5.69 Å². The lowest BCUT2D eigenvalue weighted by Gasteiger charge is -2.21. The van der Waals surface area contributed by atoms with Crippen LogP contribution in [0.25, 0.3) is 0 Å². The number of rotatable bonds is 5. The van der Waals surface area contributed by atoms with E-state index < -0.39 is 0 Å². The molecule has 3 nitrogen and oxygen atoms in total. The van der Waals surface area contributed by atoms with Gasteiger partial charge in [0.25, 0.3) is 0 Å². The number of nitrogens with one attached hydrogen (secondary N) is 1. The lowest BCUT2D eigenvalue weighted by molar-refractivity contribution is 0.801. The molecule has 1 N–H and O–H groups in total. The summed E-state index contributed by atoms with van der Waals surface area (Å²) in [4.78, 5) is 7.82. The monoisotopic (exact) mass is 247 g/mol. The zero-order chi connectivity index (χ0) is 12.1. The molecule has 0 saturated heterocycles. The molecule has 0 radical (unpaired) electrons. The van der Waals surface area contributed by atoms with Crippen molar-refractivity contribution < 1.29 is 0 Å². The third-order valence-electron chi connectivity index (χ3n) is 2.63. The minimum Gasteiger partial charge on any atom is -0.369 e. The number of anilines is 1. The number of hydrogen-bond donors (Lipinski definition) is 1. The molecule has 0 atom stereocenters. The third kappa shape index (κ3) is 3.05. The van der Waals surface area contributed by atoms with Gasteiger partial charge in [0, 0.05) is 42.1 Å². The van der Waals surface area contributed by atoms with Gasteiger partial charge in [-0.05, 0) is 24.6 Å². The van der Waals surface area contributed by atoms with Crippen molar-refractivity contribution in [2.45, 2.75) is 13.1 Å². The molecule has 2 aromatic heterocycles. The van der Waals surface area contributed by atoms with Gasteiger partial charge in [-0.15, -0.1) is 11.3 Å². The van der Waals surface area contributed by atoms with Crippen LogP contribution in [0.2, 0.25) is 0 Å². The summed E-state index contributed by atoms with van der Waals surface area (Å²) in [6.07, 6.45) is 3.77. The predicted molar refractivity (Wildman–Crippen MR) is 73.4 cm³/mol. The normalized spacial score (nSPS) is 10.5. The van der Waals surface area contributed by atoms with Crippen molar-refractivity contribution in [1.29, 1.82) is 0 Å². The maximum atomic E-state index is 4.18. The Labute approximate surface area is 106 Å². The van der Waals surface area contributed by atoms with Crippen molar-refractivity contribution in [1.82, 2.24) is 10.3 Å². The van der Waals surface area contributed by atoms with E-state index in [1.54, 1.807) is 11.3 Å². The van der Waals surface area contributed by atoms with Gasteiger partial charge in [-0.1, -0.05) is 6.07 Å². The maximum Gasteiger partial charge on any atom is 0.0519 e. The molecule has 0 unspecified atom stereocenters. The summed E-state index contributed by atoms with van der Waals surface area (Å²) >= 11 is 1.79. The van der Waals surface area contributed by atoms with Crippen molar-refractivity contribution in [2.75, 3.05) is 19.0 Å². The van der Waals surface area contributed by atoms with Crippen LogP contribution >= 0.6 is 11.3 Å². The molecule has 0 aliphatic rings. The number of aromatic nitrogens is 1. The molecular formula is C13H17N3S. The fourth-order valence-corrected chi connectivity index (χ4v) is 2.60. The first kappa shape index (κ1) is 12.1. The molecule has 2 rings (SSSR count). The molecule has 0 bridgehead atoms. The minimum absolute atomic E-state index is 0.845. The zero-order valence-electron chi connectivity index (χ0n) is 10.2. The van der Waals surface area contributed by atoms with Gasteiger partial charge >= 0.3 is 0 Å². The average molecular weight is 247 g/mol. The first-order chi connectivity index (χ1) is 8.31. The smallest absolute Gasteiger partial charge is 0.0519 e. The van der Waals surface area contributed by atoms with Gasteiger partial charge in [0.2, 0.25) is 0 Å². The van der Waals surface area contributed by atoms with Crippen LogP contribution in [0.5, 0.6) is 0 Å². The second-order valence-corrected chi connectivity index (χ2v) is 5.00. The first-order valence-electron chi connectivity index (χ1n) is 5.62. The van der Waals surface area contributed by atoms with E-state index in [2.05, 4.69) is 45.8 Å². The van der Waals surface area contributed by atoms with Crippen LogP contribution < -0.4 is 10.2 Å². The molecule has 0 spiro atoms. The van der Waals surface area contributed by atoms with Crippen molar-refractivity contribution in [3.05, 3.63) is 46.4 Å². The summed E-state index contributed by atoms with van der Waals surface area (Å²) in [6, 6.07) is 6.33. The molecule has 0 aromatic carbocycles. The van der Waals surface area contributed by atoms with Gasteiger partial charge in [0.15, 0.2) is 0 Å². The summed E-state index contributed by atoms with van der Waals surface area (Å²) in [7, 11) is 4.07. The maximum absolute atomic E-state index is 4.18. The van der Waals surface area contributed by atoms with Crippen LogP contribution in [-0.4, -0.2) is 19.1 Å². The summed E-state index contributed by atoms with van der Waals surface area (Å²) in [5.74, 6) is 0. The fraction of sp³-hybridized carbons (Fsp3) is 0.308. The second kappa shape index (κ2) is 5.80. The predicted octanol–water partition coefficient (Wildman–Crippen LogP) is 2.50. The van der Waals surface area contributed by atoms with Gasteiger partial charge in [-0.3, -0.25) is 4.98 Å². The highest BCUT2D eigenvalue weighted by Gasteiger charge is 2.07. The van der Waals surface area contributed by atoms with Crippen molar-refractivity contribution in [3.8, 4) is 0 Å². The van der Waals surface area contributed by atoms with E-state index in [1.807, 2.05) is 19.4 Å². The Bertz CT molecular complexity index is 453. The minimum atomic E-state index is 0.845. The number of hydrogen-bond acceptors (Lipinski definition) is 4. The van der Waals surface area contributed by atoms with Crippen LogP contribution in [0.1, 0.15) is 10.4 Å². The molecule has 0 aliphatic carbocycles. The fourth-order valence-electron chi connectivity index (χ4n) is 1.84. The molecular weight excluding hydrogens is 230 g/mol. The van der Waals surface area contributed by atoms with Crippen LogP contribution in [-0.2, 0) is 13.1 Å². The Morgan fingerprint density at radius 3 is 3.00 bits per heavy atom. The lowest BCUT2D eigenvalue weighted by Crippen LogP contribution is -2.19. The number of pyridine rings is 1. The average Bonchev–Trinajstić information content (AvgIpc) is 2.83. The van der Waals surface area contributed by atoms with Crippen LogP contribution in [0.3, 0.4) is 0 Å². The van der Waals surface area contributed by atoms with Crippen molar-refractivity contribution in [2.24, 2.45) is 0 Å². The van der Waals surface area contributed by atoms with Crippen LogP contribution in [0.15, 0.2) is 36.0 Å². The van der Waals surface area contributed by atoms with Gasteiger partial charge in [-0.25, -0.2) is 0 Å². The third-order valence-corrected chi connectivity index (χ3v) is 3.49. The molecule has 0 amide bonds. The van der Waals surface area contributed by atoms with Crippen LogP contribution in [0, 0.1) is 0 Å². The molecule has 0 saturated carbocycles.